The Morgan fingerprint density at radius 1 is 1.26 bits per heavy atom. The number of piperazine rings is 1. The molecule has 0 saturated carbocycles. The molecule has 1 amide bonds. The van der Waals surface area contributed by atoms with Crippen LogP contribution in [-0.2, 0) is 11.3 Å². The zero-order valence-corrected chi connectivity index (χ0v) is 17.0. The van der Waals surface area contributed by atoms with Crippen LogP contribution in [0.2, 0.25) is 0 Å². The first-order valence-electron chi connectivity index (χ1n) is 9.80. The monoisotopic (exact) mass is 382 g/mol. The van der Waals surface area contributed by atoms with E-state index in [0.717, 1.165) is 26.2 Å². The summed E-state index contributed by atoms with van der Waals surface area (Å²) in [4.78, 5) is 20.8. The Labute approximate surface area is 161 Å². The van der Waals surface area contributed by atoms with E-state index in [0.29, 0.717) is 43.7 Å². The van der Waals surface area contributed by atoms with Crippen molar-refractivity contribution in [2.75, 3.05) is 45.9 Å². The fourth-order valence-electron chi connectivity index (χ4n) is 2.85. The molecular weight excluding hydrogens is 348 g/mol. The van der Waals surface area contributed by atoms with Gasteiger partial charge in [-0.3, -0.25) is 14.6 Å². The lowest BCUT2D eigenvalue weighted by atomic mass is 10.2. The highest BCUT2D eigenvalue weighted by Crippen LogP contribution is 2.10. The summed E-state index contributed by atoms with van der Waals surface area (Å²) in [6.07, 6.45) is 1.10. The van der Waals surface area contributed by atoms with Crippen LogP contribution in [0.5, 0.6) is 0 Å². The van der Waals surface area contributed by atoms with E-state index < -0.39 is 6.10 Å². The fourth-order valence-corrected chi connectivity index (χ4v) is 2.85. The number of ether oxygens (including phenoxy) is 1. The van der Waals surface area contributed by atoms with Gasteiger partial charge in [0.1, 0.15) is 6.26 Å². The third-order valence-electron chi connectivity index (χ3n) is 4.37. The molecule has 0 aromatic carbocycles. The number of nitrogens with one attached hydrogen (secondary N) is 1. The lowest BCUT2D eigenvalue weighted by Crippen LogP contribution is -2.48. The summed E-state index contributed by atoms with van der Waals surface area (Å²) in [6.45, 7) is 13.7. The molecule has 1 aromatic heterocycles. The Kier molecular flexibility index (Phi) is 8.69. The molecule has 27 heavy (non-hydrogen) atoms. The predicted octanol–water partition coefficient (Wildman–Crippen LogP) is 0.964. The minimum Gasteiger partial charge on any atom is -0.447 e. The molecule has 1 fully saturated rings. The van der Waals surface area contributed by atoms with Gasteiger partial charge in [0, 0.05) is 39.3 Å². The van der Waals surface area contributed by atoms with E-state index in [9.17, 15) is 9.90 Å². The smallest absolute Gasteiger partial charge is 0.273 e. The molecule has 1 aliphatic heterocycles. The molecule has 2 heterocycles. The summed E-state index contributed by atoms with van der Waals surface area (Å²) in [5.41, 5.74) is 0.331. The van der Waals surface area contributed by atoms with Crippen LogP contribution in [0.15, 0.2) is 10.7 Å². The number of aromatic nitrogens is 1. The molecule has 154 valence electrons. The second-order valence-electron chi connectivity index (χ2n) is 7.84. The van der Waals surface area contributed by atoms with Crippen LogP contribution in [0.3, 0.4) is 0 Å². The maximum atomic E-state index is 12.0. The highest BCUT2D eigenvalue weighted by atomic mass is 16.5. The van der Waals surface area contributed by atoms with Gasteiger partial charge >= 0.3 is 0 Å². The number of hydrogen-bond donors (Lipinski definition) is 2. The molecule has 2 N–H and O–H groups in total. The molecule has 0 bridgehead atoms. The number of rotatable bonds is 10. The van der Waals surface area contributed by atoms with Gasteiger partial charge in [-0.25, -0.2) is 4.98 Å². The van der Waals surface area contributed by atoms with Crippen LogP contribution in [0.4, 0.5) is 0 Å². The Hall–Kier alpha value is -1.48. The molecule has 0 radical (unpaired) electrons. The molecule has 1 atom stereocenters. The van der Waals surface area contributed by atoms with E-state index >= 15 is 0 Å². The summed E-state index contributed by atoms with van der Waals surface area (Å²) in [7, 11) is 0. The largest absolute Gasteiger partial charge is 0.447 e. The van der Waals surface area contributed by atoms with E-state index in [-0.39, 0.29) is 12.0 Å². The minimum atomic E-state index is -0.461. The zero-order valence-electron chi connectivity index (χ0n) is 17.0. The first-order valence-corrected chi connectivity index (χ1v) is 9.80. The van der Waals surface area contributed by atoms with Crippen LogP contribution in [0.1, 0.15) is 44.1 Å². The molecule has 2 rings (SSSR count). The van der Waals surface area contributed by atoms with Crippen LogP contribution < -0.4 is 5.32 Å². The topological polar surface area (TPSA) is 91.1 Å². The van der Waals surface area contributed by atoms with Crippen molar-refractivity contribution in [3.63, 3.8) is 0 Å². The molecular formula is C19H34N4O4. The Balaban J connectivity index is 1.70. The maximum Gasteiger partial charge on any atom is 0.273 e. The van der Waals surface area contributed by atoms with Crippen molar-refractivity contribution in [3.05, 3.63) is 17.8 Å². The highest BCUT2D eigenvalue weighted by Gasteiger charge is 2.21. The van der Waals surface area contributed by atoms with Crippen molar-refractivity contribution in [1.82, 2.24) is 20.1 Å². The number of carbonyl (C=O) groups excluding carboxylic acids is 1. The molecule has 0 aliphatic carbocycles. The number of β-amino-alcohol motifs (C(OH)–C–C–N with tert-alkyl or cyclic N) is 1. The van der Waals surface area contributed by atoms with Gasteiger partial charge in [0.05, 0.1) is 25.4 Å². The van der Waals surface area contributed by atoms with Crippen molar-refractivity contribution in [3.8, 4) is 0 Å². The standard InChI is InChI=1S/C19H34N4O4/c1-14(2)9-20-19(25)17-13-27-18(21-17)11-23-7-5-22(6-8-23)10-16(24)12-26-15(3)4/h13-16,24H,5-12H2,1-4H3,(H,20,25)/t16-/m1/s1. The Bertz CT molecular complexity index is 568. The lowest BCUT2D eigenvalue weighted by Gasteiger charge is -2.35. The number of aliphatic hydroxyl groups is 1. The SMILES string of the molecule is CC(C)CNC(=O)c1coc(CN2CCN(C[C@@H](O)COC(C)C)CC2)n1. The third-order valence-corrected chi connectivity index (χ3v) is 4.37. The van der Waals surface area contributed by atoms with Gasteiger partial charge in [-0.1, -0.05) is 13.8 Å². The first kappa shape index (κ1) is 21.8. The van der Waals surface area contributed by atoms with Crippen LogP contribution in [0.25, 0.3) is 0 Å². The van der Waals surface area contributed by atoms with Crippen molar-refractivity contribution < 1.29 is 19.1 Å². The fraction of sp³-hybridized carbons (Fsp3) is 0.789. The van der Waals surface area contributed by atoms with Crippen LogP contribution in [-0.4, -0.2) is 83.9 Å². The van der Waals surface area contributed by atoms with E-state index in [4.69, 9.17) is 9.15 Å². The summed E-state index contributed by atoms with van der Waals surface area (Å²) >= 11 is 0. The second-order valence-corrected chi connectivity index (χ2v) is 7.84. The average molecular weight is 383 g/mol. The second kappa shape index (κ2) is 10.8. The Morgan fingerprint density at radius 2 is 1.93 bits per heavy atom. The van der Waals surface area contributed by atoms with E-state index in [2.05, 4.69) is 20.1 Å². The lowest BCUT2D eigenvalue weighted by molar-refractivity contribution is -0.0151. The van der Waals surface area contributed by atoms with Gasteiger partial charge in [-0.15, -0.1) is 0 Å². The average Bonchev–Trinajstić information content (AvgIpc) is 3.08. The highest BCUT2D eigenvalue weighted by molar-refractivity contribution is 5.91. The van der Waals surface area contributed by atoms with Gasteiger partial charge in [-0.2, -0.15) is 0 Å². The van der Waals surface area contributed by atoms with Crippen LogP contribution >= 0.6 is 0 Å². The van der Waals surface area contributed by atoms with Crippen molar-refractivity contribution in [2.24, 2.45) is 5.92 Å². The van der Waals surface area contributed by atoms with Gasteiger partial charge in [-0.05, 0) is 19.8 Å². The van der Waals surface area contributed by atoms with Crippen molar-refractivity contribution in [2.45, 2.75) is 46.4 Å². The Morgan fingerprint density at radius 3 is 2.56 bits per heavy atom. The van der Waals surface area contributed by atoms with Gasteiger partial charge in [0.15, 0.2) is 5.69 Å². The normalized spacial score (nSPS) is 17.6. The quantitative estimate of drug-likeness (QED) is 0.623. The first-order chi connectivity index (χ1) is 12.8. The van der Waals surface area contributed by atoms with Crippen molar-refractivity contribution >= 4 is 5.91 Å². The summed E-state index contributed by atoms with van der Waals surface area (Å²) in [5.74, 6) is 0.761. The summed E-state index contributed by atoms with van der Waals surface area (Å²) < 4.78 is 10.9. The molecule has 1 saturated heterocycles. The summed E-state index contributed by atoms with van der Waals surface area (Å²) in [6, 6.07) is 0. The molecule has 1 aromatic rings. The predicted molar refractivity (Wildman–Crippen MR) is 102 cm³/mol. The van der Waals surface area contributed by atoms with E-state index in [1.807, 2.05) is 27.7 Å². The number of oxazole rings is 1. The van der Waals surface area contributed by atoms with Crippen LogP contribution in [0, 0.1) is 5.92 Å². The molecule has 1 aliphatic rings. The van der Waals surface area contributed by atoms with Gasteiger partial charge < -0.3 is 19.6 Å². The number of amides is 1. The molecule has 8 nitrogen and oxygen atoms in total. The maximum absolute atomic E-state index is 12.0. The van der Waals surface area contributed by atoms with Gasteiger partial charge in [0.2, 0.25) is 5.89 Å². The number of aliphatic hydroxyl groups excluding tert-OH is 1. The van der Waals surface area contributed by atoms with Gasteiger partial charge in [0.25, 0.3) is 5.91 Å². The molecule has 0 spiro atoms. The summed E-state index contributed by atoms with van der Waals surface area (Å²) in [5, 5.41) is 12.9. The number of nitrogens with zero attached hydrogens (tertiary/aromatic N) is 3. The number of hydrogen-bond acceptors (Lipinski definition) is 7. The number of carbonyl (C=O) groups is 1. The molecule has 0 unspecified atom stereocenters. The molecule has 8 heteroatoms. The minimum absolute atomic E-state index is 0.134. The van der Waals surface area contributed by atoms with E-state index in [1.54, 1.807) is 0 Å². The van der Waals surface area contributed by atoms with E-state index in [1.165, 1.54) is 6.26 Å². The van der Waals surface area contributed by atoms with Crippen molar-refractivity contribution in [1.29, 1.82) is 0 Å². The zero-order chi connectivity index (χ0) is 19.8. The third kappa shape index (κ3) is 7.96.